The van der Waals surface area contributed by atoms with Gasteiger partial charge in [0, 0.05) is 24.8 Å². The van der Waals surface area contributed by atoms with E-state index in [-0.39, 0.29) is 24.3 Å². The predicted molar refractivity (Wildman–Crippen MR) is 103 cm³/mol. The molecule has 0 radical (unpaired) electrons. The highest BCUT2D eigenvalue weighted by atomic mass is 16.7. The van der Waals surface area contributed by atoms with E-state index in [0.29, 0.717) is 0 Å². The lowest BCUT2D eigenvalue weighted by molar-refractivity contribution is -0.288. The van der Waals surface area contributed by atoms with Gasteiger partial charge in [-0.15, -0.1) is 0 Å². The molecule has 0 unspecified atom stereocenters. The van der Waals surface area contributed by atoms with E-state index in [1.54, 1.807) is 0 Å². The first kappa shape index (κ1) is 20.9. The molecule has 0 bridgehead atoms. The number of nitrogens with one attached hydrogen (secondary N) is 1. The lowest BCUT2D eigenvalue weighted by Crippen LogP contribution is -2.60. The van der Waals surface area contributed by atoms with Gasteiger partial charge in [0.05, 0.1) is 12.1 Å². The van der Waals surface area contributed by atoms with E-state index in [2.05, 4.69) is 24.2 Å². The number of aliphatic imine (C=N–C) groups is 1. The number of aliphatic hydroxyl groups is 3. The van der Waals surface area contributed by atoms with Gasteiger partial charge in [-0.2, -0.15) is 0 Å². The predicted octanol–water partition coefficient (Wildman–Crippen LogP) is 0.183. The van der Waals surface area contributed by atoms with Crippen LogP contribution in [-0.4, -0.2) is 71.3 Å². The summed E-state index contributed by atoms with van der Waals surface area (Å²) in [6, 6.07) is 5.80. The minimum absolute atomic E-state index is 0.0116. The summed E-state index contributed by atoms with van der Waals surface area (Å²) >= 11 is 0. The number of carbonyl (C=O) groups excluding carboxylic acids is 1. The van der Waals surface area contributed by atoms with Crippen molar-refractivity contribution in [2.24, 2.45) is 4.99 Å². The summed E-state index contributed by atoms with van der Waals surface area (Å²) in [6.45, 7) is 6.20. The molecule has 1 fully saturated rings. The Labute approximate surface area is 164 Å². The van der Waals surface area contributed by atoms with E-state index in [9.17, 15) is 20.1 Å². The molecule has 0 spiro atoms. The molecule has 5 atom stereocenters. The molecule has 2 aliphatic rings. The zero-order chi connectivity index (χ0) is 20.6. The molecule has 8 nitrogen and oxygen atoms in total. The minimum Gasteiger partial charge on any atom is -0.388 e. The molecular weight excluding hydrogens is 364 g/mol. The molecule has 2 aliphatic heterocycles. The SMILES string of the molecule is CO[C@H]1O[C@H](CNC(=O)Cc2ccc3c(c2)C(C)(C)C(C)=N3)[C@@H](O)[C@H](O)[C@H]1O. The van der Waals surface area contributed by atoms with Gasteiger partial charge in [0.15, 0.2) is 6.29 Å². The van der Waals surface area contributed by atoms with Crippen LogP contribution in [-0.2, 0) is 26.1 Å². The molecular formula is C20H28N2O6. The van der Waals surface area contributed by atoms with Crippen LogP contribution < -0.4 is 5.32 Å². The third-order valence-corrected chi connectivity index (χ3v) is 5.69. The van der Waals surface area contributed by atoms with Crippen LogP contribution in [0.2, 0.25) is 0 Å². The van der Waals surface area contributed by atoms with E-state index < -0.39 is 30.7 Å². The van der Waals surface area contributed by atoms with Crippen molar-refractivity contribution in [3.63, 3.8) is 0 Å². The molecule has 1 aromatic rings. The fraction of sp³-hybridized carbons (Fsp3) is 0.600. The number of hydrogen-bond donors (Lipinski definition) is 4. The number of fused-ring (bicyclic) bond motifs is 1. The van der Waals surface area contributed by atoms with Crippen LogP contribution >= 0.6 is 0 Å². The van der Waals surface area contributed by atoms with Crippen LogP contribution in [0.3, 0.4) is 0 Å². The second kappa shape index (κ2) is 7.88. The lowest BCUT2D eigenvalue weighted by Gasteiger charge is -2.39. The van der Waals surface area contributed by atoms with Crippen molar-refractivity contribution in [1.82, 2.24) is 5.32 Å². The van der Waals surface area contributed by atoms with Crippen molar-refractivity contribution >= 4 is 17.3 Å². The maximum atomic E-state index is 12.4. The van der Waals surface area contributed by atoms with Crippen molar-refractivity contribution in [2.45, 2.75) is 63.3 Å². The Morgan fingerprint density at radius 1 is 1.25 bits per heavy atom. The number of aliphatic hydroxyl groups excluding tert-OH is 3. The van der Waals surface area contributed by atoms with Crippen molar-refractivity contribution < 1.29 is 29.6 Å². The maximum Gasteiger partial charge on any atom is 0.224 e. The molecule has 0 aromatic heterocycles. The highest BCUT2D eigenvalue weighted by Gasteiger charge is 2.43. The Kier molecular flexibility index (Phi) is 5.88. The van der Waals surface area contributed by atoms with Gasteiger partial charge in [0.2, 0.25) is 5.91 Å². The molecule has 0 saturated carbocycles. The number of nitrogens with zero attached hydrogens (tertiary/aromatic N) is 1. The van der Waals surface area contributed by atoms with Gasteiger partial charge in [0.25, 0.3) is 0 Å². The second-order valence-corrected chi connectivity index (χ2v) is 7.90. The van der Waals surface area contributed by atoms with Crippen molar-refractivity contribution in [2.75, 3.05) is 13.7 Å². The van der Waals surface area contributed by atoms with Crippen molar-refractivity contribution in [3.05, 3.63) is 29.3 Å². The molecule has 0 aliphatic carbocycles. The number of carbonyl (C=O) groups is 1. The number of hydrogen-bond acceptors (Lipinski definition) is 7. The first-order valence-corrected chi connectivity index (χ1v) is 9.33. The smallest absolute Gasteiger partial charge is 0.224 e. The van der Waals surface area contributed by atoms with Gasteiger partial charge in [-0.05, 0) is 24.1 Å². The van der Waals surface area contributed by atoms with Crippen LogP contribution in [0.15, 0.2) is 23.2 Å². The average Bonchev–Trinajstić information content (AvgIpc) is 2.88. The van der Waals surface area contributed by atoms with Gasteiger partial charge in [-0.3, -0.25) is 9.79 Å². The third-order valence-electron chi connectivity index (χ3n) is 5.69. The van der Waals surface area contributed by atoms with Crippen LogP contribution in [0.1, 0.15) is 31.9 Å². The van der Waals surface area contributed by atoms with Crippen LogP contribution in [0.5, 0.6) is 0 Å². The number of methoxy groups -OCH3 is 1. The fourth-order valence-corrected chi connectivity index (χ4v) is 3.55. The summed E-state index contributed by atoms with van der Waals surface area (Å²) in [5.74, 6) is -0.237. The maximum absolute atomic E-state index is 12.4. The Balaban J connectivity index is 1.59. The molecule has 8 heteroatoms. The highest BCUT2D eigenvalue weighted by molar-refractivity contribution is 5.99. The molecule has 3 rings (SSSR count). The fourth-order valence-electron chi connectivity index (χ4n) is 3.55. The van der Waals surface area contributed by atoms with Gasteiger partial charge >= 0.3 is 0 Å². The highest BCUT2D eigenvalue weighted by Crippen LogP contribution is 2.40. The lowest BCUT2D eigenvalue weighted by atomic mass is 9.81. The first-order chi connectivity index (χ1) is 13.1. The van der Waals surface area contributed by atoms with E-state index in [1.807, 2.05) is 25.1 Å². The van der Waals surface area contributed by atoms with E-state index in [0.717, 1.165) is 22.5 Å². The van der Waals surface area contributed by atoms with Crippen molar-refractivity contribution in [3.8, 4) is 0 Å². The van der Waals surface area contributed by atoms with Crippen LogP contribution in [0.4, 0.5) is 5.69 Å². The molecule has 1 aromatic carbocycles. The topological polar surface area (TPSA) is 121 Å². The number of ether oxygens (including phenoxy) is 2. The Morgan fingerprint density at radius 2 is 1.96 bits per heavy atom. The largest absolute Gasteiger partial charge is 0.388 e. The average molecular weight is 392 g/mol. The molecule has 1 amide bonds. The van der Waals surface area contributed by atoms with Gasteiger partial charge in [-0.1, -0.05) is 26.0 Å². The van der Waals surface area contributed by atoms with Crippen LogP contribution in [0, 0.1) is 0 Å². The third kappa shape index (κ3) is 3.83. The van der Waals surface area contributed by atoms with E-state index in [1.165, 1.54) is 7.11 Å². The van der Waals surface area contributed by atoms with Crippen molar-refractivity contribution in [1.29, 1.82) is 0 Å². The van der Waals surface area contributed by atoms with Gasteiger partial charge < -0.3 is 30.1 Å². The summed E-state index contributed by atoms with van der Waals surface area (Å²) in [4.78, 5) is 16.9. The monoisotopic (exact) mass is 392 g/mol. The summed E-state index contributed by atoms with van der Waals surface area (Å²) in [6.07, 6.45) is -5.88. The zero-order valence-electron chi connectivity index (χ0n) is 16.5. The summed E-state index contributed by atoms with van der Waals surface area (Å²) in [7, 11) is 1.33. The normalized spacial score (nSPS) is 31.2. The number of amides is 1. The summed E-state index contributed by atoms with van der Waals surface area (Å²) < 4.78 is 10.4. The zero-order valence-corrected chi connectivity index (χ0v) is 16.5. The van der Waals surface area contributed by atoms with Gasteiger partial charge in [0.1, 0.15) is 24.4 Å². The Bertz CT molecular complexity index is 776. The molecule has 154 valence electrons. The van der Waals surface area contributed by atoms with E-state index >= 15 is 0 Å². The standard InChI is InChI=1S/C20H28N2O6/c1-10-20(2,3)12-7-11(5-6-13(12)22-10)8-15(23)21-9-14-16(24)17(25)18(26)19(27-4)28-14/h5-7,14,16-19,24-26H,8-9H2,1-4H3,(H,21,23)/t14-,16-,17+,18-,19+/m1/s1. The van der Waals surface area contributed by atoms with Crippen LogP contribution in [0.25, 0.3) is 0 Å². The molecule has 4 N–H and O–H groups in total. The summed E-state index contributed by atoms with van der Waals surface area (Å²) in [5.41, 5.74) is 3.78. The molecule has 2 heterocycles. The number of benzene rings is 1. The summed E-state index contributed by atoms with van der Waals surface area (Å²) in [5, 5.41) is 32.4. The minimum atomic E-state index is -1.41. The second-order valence-electron chi connectivity index (χ2n) is 7.90. The Morgan fingerprint density at radius 3 is 2.64 bits per heavy atom. The molecule has 28 heavy (non-hydrogen) atoms. The number of rotatable bonds is 5. The van der Waals surface area contributed by atoms with Gasteiger partial charge in [-0.25, -0.2) is 0 Å². The quantitative estimate of drug-likeness (QED) is 0.567. The van der Waals surface area contributed by atoms with E-state index in [4.69, 9.17) is 9.47 Å². The molecule has 1 saturated heterocycles. The first-order valence-electron chi connectivity index (χ1n) is 9.33. The Hall–Kier alpha value is -1.84.